The van der Waals surface area contributed by atoms with Gasteiger partial charge >= 0.3 is 0 Å². The number of aromatic nitrogens is 1. The van der Waals surface area contributed by atoms with E-state index in [0.717, 1.165) is 49.8 Å². The molecule has 1 atom stereocenters. The molecule has 1 fully saturated rings. The maximum Gasteiger partial charge on any atom is 0.185 e. The summed E-state index contributed by atoms with van der Waals surface area (Å²) in [5.41, 5.74) is 1.16. The van der Waals surface area contributed by atoms with Crippen molar-refractivity contribution in [2.24, 2.45) is 0 Å². The van der Waals surface area contributed by atoms with Crippen molar-refractivity contribution in [3.63, 3.8) is 0 Å². The third-order valence-electron chi connectivity index (χ3n) is 3.69. The summed E-state index contributed by atoms with van der Waals surface area (Å²) in [6.45, 7) is 7.17. The lowest BCUT2D eigenvalue weighted by Crippen LogP contribution is -2.36. The number of rotatable bonds is 6. The number of thiazole rings is 1. The maximum absolute atomic E-state index is 5.42. The van der Waals surface area contributed by atoms with Crippen molar-refractivity contribution in [3.05, 3.63) is 11.1 Å². The monoisotopic (exact) mass is 283 g/mol. The lowest BCUT2D eigenvalue weighted by Gasteiger charge is -2.30. The summed E-state index contributed by atoms with van der Waals surface area (Å²) < 4.78 is 5.42. The predicted molar refractivity (Wildman–Crippen MR) is 81.1 cm³/mol. The first-order valence-corrected chi connectivity index (χ1v) is 8.09. The van der Waals surface area contributed by atoms with Crippen LogP contribution in [0, 0.1) is 0 Å². The molecule has 0 bridgehead atoms. The SMILES string of the molecule is CCCNC(C)c1csc(N(C)C2CCOCC2)n1. The highest BCUT2D eigenvalue weighted by atomic mass is 32.1. The molecule has 1 aliphatic rings. The van der Waals surface area contributed by atoms with Crippen LogP contribution in [0.15, 0.2) is 5.38 Å². The van der Waals surface area contributed by atoms with Crippen molar-refractivity contribution in [2.45, 2.75) is 45.2 Å². The van der Waals surface area contributed by atoms with Crippen LogP contribution in [0.5, 0.6) is 0 Å². The van der Waals surface area contributed by atoms with E-state index in [0.29, 0.717) is 12.1 Å². The van der Waals surface area contributed by atoms with Crippen LogP contribution in [0.25, 0.3) is 0 Å². The molecule has 1 aromatic rings. The Kier molecular flexibility index (Phi) is 5.60. The van der Waals surface area contributed by atoms with E-state index in [2.05, 4.69) is 36.5 Å². The number of nitrogens with one attached hydrogen (secondary N) is 1. The summed E-state index contributed by atoms with van der Waals surface area (Å²) in [4.78, 5) is 7.10. The van der Waals surface area contributed by atoms with Gasteiger partial charge in [0.2, 0.25) is 0 Å². The van der Waals surface area contributed by atoms with Gasteiger partial charge in [0, 0.05) is 37.7 Å². The van der Waals surface area contributed by atoms with Gasteiger partial charge in [-0.1, -0.05) is 6.92 Å². The Bertz CT molecular complexity index is 377. The van der Waals surface area contributed by atoms with Crippen LogP contribution in [0.2, 0.25) is 0 Å². The summed E-state index contributed by atoms with van der Waals surface area (Å²) in [6.07, 6.45) is 3.37. The minimum atomic E-state index is 0.341. The molecule has 0 saturated carbocycles. The molecule has 0 radical (unpaired) electrons. The molecule has 1 aliphatic heterocycles. The van der Waals surface area contributed by atoms with Gasteiger partial charge in [-0.15, -0.1) is 11.3 Å². The fourth-order valence-corrected chi connectivity index (χ4v) is 3.29. The topological polar surface area (TPSA) is 37.4 Å². The van der Waals surface area contributed by atoms with E-state index in [1.807, 2.05) is 0 Å². The highest BCUT2D eigenvalue weighted by molar-refractivity contribution is 7.13. The van der Waals surface area contributed by atoms with Crippen LogP contribution < -0.4 is 10.2 Å². The molecular formula is C14H25N3OS. The fraction of sp³-hybridized carbons (Fsp3) is 0.786. The van der Waals surface area contributed by atoms with Gasteiger partial charge in [-0.2, -0.15) is 0 Å². The summed E-state index contributed by atoms with van der Waals surface area (Å²) in [7, 11) is 2.16. The van der Waals surface area contributed by atoms with Gasteiger partial charge in [-0.25, -0.2) is 4.98 Å². The minimum absolute atomic E-state index is 0.341. The Labute approximate surface area is 120 Å². The molecule has 5 heteroatoms. The molecule has 108 valence electrons. The molecule has 0 aliphatic carbocycles. The van der Waals surface area contributed by atoms with Crippen molar-refractivity contribution < 1.29 is 4.74 Å². The zero-order valence-corrected chi connectivity index (χ0v) is 13.0. The van der Waals surface area contributed by atoms with E-state index < -0.39 is 0 Å². The Morgan fingerprint density at radius 2 is 2.26 bits per heavy atom. The van der Waals surface area contributed by atoms with E-state index in [1.165, 1.54) is 0 Å². The van der Waals surface area contributed by atoms with Gasteiger partial charge in [0.15, 0.2) is 5.13 Å². The van der Waals surface area contributed by atoms with Gasteiger partial charge < -0.3 is 15.0 Å². The Morgan fingerprint density at radius 3 is 2.95 bits per heavy atom. The number of ether oxygens (including phenoxy) is 1. The molecule has 1 saturated heterocycles. The molecule has 19 heavy (non-hydrogen) atoms. The van der Waals surface area contributed by atoms with Crippen LogP contribution in [0.1, 0.15) is 44.8 Å². The number of hydrogen-bond donors (Lipinski definition) is 1. The lowest BCUT2D eigenvalue weighted by molar-refractivity contribution is 0.0855. The predicted octanol–water partition coefficient (Wildman–Crippen LogP) is 2.82. The molecule has 0 aromatic carbocycles. The average Bonchev–Trinajstić information content (AvgIpc) is 2.94. The Balaban J connectivity index is 1.95. The summed E-state index contributed by atoms with van der Waals surface area (Å²) in [5, 5.41) is 6.80. The average molecular weight is 283 g/mol. The fourth-order valence-electron chi connectivity index (χ4n) is 2.33. The second kappa shape index (κ2) is 7.22. The lowest BCUT2D eigenvalue weighted by atomic mass is 10.1. The van der Waals surface area contributed by atoms with E-state index in [1.54, 1.807) is 11.3 Å². The molecular weight excluding hydrogens is 258 g/mol. The summed E-state index contributed by atoms with van der Waals surface area (Å²) >= 11 is 1.75. The molecule has 1 aromatic heterocycles. The van der Waals surface area contributed by atoms with Crippen molar-refractivity contribution in [3.8, 4) is 0 Å². The normalized spacial score (nSPS) is 18.5. The van der Waals surface area contributed by atoms with Gasteiger partial charge in [0.1, 0.15) is 0 Å². The van der Waals surface area contributed by atoms with Crippen LogP contribution in [-0.2, 0) is 4.74 Å². The van der Waals surface area contributed by atoms with E-state index in [-0.39, 0.29) is 0 Å². The number of anilines is 1. The van der Waals surface area contributed by atoms with Crippen molar-refractivity contribution in [1.29, 1.82) is 0 Å². The van der Waals surface area contributed by atoms with Crippen molar-refractivity contribution in [1.82, 2.24) is 10.3 Å². The first-order chi connectivity index (χ1) is 9.22. The second-order valence-corrected chi connectivity index (χ2v) is 6.02. The largest absolute Gasteiger partial charge is 0.381 e. The zero-order valence-electron chi connectivity index (χ0n) is 12.2. The third kappa shape index (κ3) is 3.91. The third-order valence-corrected chi connectivity index (χ3v) is 4.64. The van der Waals surface area contributed by atoms with Gasteiger partial charge in [0.25, 0.3) is 0 Å². The van der Waals surface area contributed by atoms with Gasteiger partial charge in [-0.05, 0) is 32.7 Å². The van der Waals surface area contributed by atoms with E-state index in [9.17, 15) is 0 Å². The van der Waals surface area contributed by atoms with E-state index >= 15 is 0 Å². The molecule has 0 spiro atoms. The van der Waals surface area contributed by atoms with Crippen LogP contribution in [0.4, 0.5) is 5.13 Å². The van der Waals surface area contributed by atoms with Crippen molar-refractivity contribution >= 4 is 16.5 Å². The second-order valence-electron chi connectivity index (χ2n) is 5.19. The Hall–Kier alpha value is -0.650. The molecule has 2 rings (SSSR count). The first kappa shape index (κ1) is 14.8. The number of hydrogen-bond acceptors (Lipinski definition) is 5. The van der Waals surface area contributed by atoms with Crippen LogP contribution >= 0.6 is 11.3 Å². The van der Waals surface area contributed by atoms with Crippen LogP contribution in [0.3, 0.4) is 0 Å². The molecule has 0 amide bonds. The van der Waals surface area contributed by atoms with Gasteiger partial charge in [0.05, 0.1) is 5.69 Å². The summed E-state index contributed by atoms with van der Waals surface area (Å²) in [5.74, 6) is 0. The smallest absolute Gasteiger partial charge is 0.185 e. The quantitative estimate of drug-likeness (QED) is 0.871. The molecule has 1 N–H and O–H groups in total. The maximum atomic E-state index is 5.42. The molecule has 4 nitrogen and oxygen atoms in total. The molecule has 1 unspecified atom stereocenters. The molecule has 2 heterocycles. The van der Waals surface area contributed by atoms with Crippen LogP contribution in [-0.4, -0.2) is 37.8 Å². The standard InChI is InChI=1S/C14H25N3OS/c1-4-7-15-11(2)13-10-19-14(16-13)17(3)12-5-8-18-9-6-12/h10-12,15H,4-9H2,1-3H3. The van der Waals surface area contributed by atoms with E-state index in [4.69, 9.17) is 9.72 Å². The summed E-state index contributed by atoms with van der Waals surface area (Å²) in [6, 6.07) is 0.916. The van der Waals surface area contributed by atoms with Crippen molar-refractivity contribution in [2.75, 3.05) is 31.7 Å². The first-order valence-electron chi connectivity index (χ1n) is 7.21. The van der Waals surface area contributed by atoms with Gasteiger partial charge in [-0.3, -0.25) is 0 Å². The highest BCUT2D eigenvalue weighted by Crippen LogP contribution is 2.27. The number of nitrogens with zero attached hydrogens (tertiary/aromatic N) is 2. The Morgan fingerprint density at radius 1 is 1.53 bits per heavy atom. The zero-order chi connectivity index (χ0) is 13.7. The minimum Gasteiger partial charge on any atom is -0.381 e. The highest BCUT2D eigenvalue weighted by Gasteiger charge is 2.21.